The molecule has 1 amide bonds. The minimum atomic E-state index is -4.48. The van der Waals surface area contributed by atoms with E-state index in [1.165, 1.54) is 25.7 Å². The number of aromatic nitrogens is 4. The lowest BCUT2D eigenvalue weighted by molar-refractivity contribution is 0.0981. The summed E-state index contributed by atoms with van der Waals surface area (Å²) in [6.07, 6.45) is 10.9. The Bertz CT molecular complexity index is 2030. The summed E-state index contributed by atoms with van der Waals surface area (Å²) < 4.78 is 43.9. The molecule has 1 saturated heterocycles. The maximum absolute atomic E-state index is 14.1. The standard InChI is InChI=1S/C38H45N7O5S/c1-37(2)23-27-9-6-20-39-31-12-11-30(50-25-26-7-4-3-5-8-26)36(40-31)51(47,48)43-35(46)29-10-13-32(41-34(29)44(37)24-27)45-21-15-33(42-45)49-22-16-28-14-17-38(28)18-19-38/h3-5,7-8,10-13,15,21,27-28H,6,9,14,16-20,22-25H2,1-2H3,(H,39,40)(H,43,46)/t27-,28?/m0/s1. The fourth-order valence-corrected chi connectivity index (χ4v) is 9.20. The van der Waals surface area contributed by atoms with Gasteiger partial charge in [-0.05, 0) is 112 Å². The maximum atomic E-state index is 14.1. The van der Waals surface area contributed by atoms with Crippen molar-refractivity contribution in [3.05, 3.63) is 78.0 Å². The lowest BCUT2D eigenvalue weighted by atomic mass is 9.69. The summed E-state index contributed by atoms with van der Waals surface area (Å²) >= 11 is 0. The zero-order valence-corrected chi connectivity index (χ0v) is 30.0. The molecule has 1 spiro atoms. The third kappa shape index (κ3) is 6.87. The van der Waals surface area contributed by atoms with E-state index in [2.05, 4.69) is 38.9 Å². The van der Waals surface area contributed by atoms with Gasteiger partial charge in [0.25, 0.3) is 15.9 Å². The Morgan fingerprint density at radius 1 is 0.961 bits per heavy atom. The second-order valence-corrected chi connectivity index (χ2v) is 16.7. The number of nitrogens with one attached hydrogen (secondary N) is 2. The van der Waals surface area contributed by atoms with E-state index in [9.17, 15) is 13.2 Å². The van der Waals surface area contributed by atoms with E-state index in [1.54, 1.807) is 35.1 Å². The Morgan fingerprint density at radius 3 is 2.59 bits per heavy atom. The molecule has 3 fully saturated rings. The summed E-state index contributed by atoms with van der Waals surface area (Å²) in [5.74, 6) is 2.18. The van der Waals surface area contributed by atoms with Gasteiger partial charge >= 0.3 is 0 Å². The minimum absolute atomic E-state index is 0.0445. The Balaban J connectivity index is 1.09. The van der Waals surface area contributed by atoms with Crippen LogP contribution in [0.2, 0.25) is 0 Å². The molecule has 5 heterocycles. The molecule has 13 heteroatoms. The third-order valence-corrected chi connectivity index (χ3v) is 12.5. The van der Waals surface area contributed by atoms with Crippen LogP contribution in [-0.4, -0.2) is 59.3 Å². The van der Waals surface area contributed by atoms with Crippen LogP contribution in [0.15, 0.2) is 71.9 Å². The highest BCUT2D eigenvalue weighted by molar-refractivity contribution is 7.90. The quantitative estimate of drug-likeness (QED) is 0.219. The van der Waals surface area contributed by atoms with Gasteiger partial charge < -0.3 is 19.7 Å². The van der Waals surface area contributed by atoms with Crippen LogP contribution in [0.4, 0.5) is 11.6 Å². The van der Waals surface area contributed by atoms with E-state index in [0.717, 1.165) is 37.2 Å². The molecule has 2 aliphatic carbocycles. The molecule has 2 N–H and O–H groups in total. The Hall–Kier alpha value is -4.65. The van der Waals surface area contributed by atoms with Crippen molar-refractivity contribution in [3.8, 4) is 17.4 Å². The van der Waals surface area contributed by atoms with E-state index in [-0.39, 0.29) is 28.5 Å². The average molecular weight is 712 g/mol. The fourth-order valence-electron chi connectivity index (χ4n) is 8.14. The number of amides is 1. The number of rotatable bonds is 8. The topological polar surface area (TPSA) is 141 Å². The molecular formula is C38H45N7O5S. The molecule has 12 nitrogen and oxygen atoms in total. The SMILES string of the molecule is CC1(C)C[C@@H]2CCCNc3ccc(OCc4ccccc4)c(n3)S(=O)(=O)NC(=O)c3ccc(-n4ccc(OCCC5CCC56CC6)n4)nc3N1C2. The number of hydrogen-bond acceptors (Lipinski definition) is 10. The maximum Gasteiger partial charge on any atom is 0.285 e. The molecule has 4 aliphatic rings. The van der Waals surface area contributed by atoms with Gasteiger partial charge in [-0.1, -0.05) is 30.3 Å². The number of benzene rings is 1. The number of carbonyl (C=O) groups excluding carboxylic acids is 1. The number of hydrogen-bond donors (Lipinski definition) is 2. The second kappa shape index (κ2) is 13.2. The molecule has 268 valence electrons. The van der Waals surface area contributed by atoms with E-state index in [0.29, 0.717) is 54.4 Å². The first-order chi connectivity index (χ1) is 24.6. The summed E-state index contributed by atoms with van der Waals surface area (Å²) in [6.45, 7) is 6.33. The predicted octanol–water partition coefficient (Wildman–Crippen LogP) is 6.13. The van der Waals surface area contributed by atoms with Crippen molar-refractivity contribution in [2.24, 2.45) is 17.3 Å². The monoisotopic (exact) mass is 711 g/mol. The zero-order valence-electron chi connectivity index (χ0n) is 29.2. The molecule has 1 unspecified atom stereocenters. The van der Waals surface area contributed by atoms with Crippen molar-refractivity contribution in [1.82, 2.24) is 24.5 Å². The predicted molar refractivity (Wildman–Crippen MR) is 193 cm³/mol. The zero-order chi connectivity index (χ0) is 35.2. The number of sulfonamides is 1. The first-order valence-corrected chi connectivity index (χ1v) is 19.5. The Kier molecular flexibility index (Phi) is 8.64. The lowest BCUT2D eigenvalue weighted by Crippen LogP contribution is -2.41. The van der Waals surface area contributed by atoms with Crippen LogP contribution in [0.5, 0.6) is 11.6 Å². The summed E-state index contributed by atoms with van der Waals surface area (Å²) in [4.78, 5) is 25.6. The molecule has 51 heavy (non-hydrogen) atoms. The van der Waals surface area contributed by atoms with Crippen LogP contribution >= 0.6 is 0 Å². The summed E-state index contributed by atoms with van der Waals surface area (Å²) in [7, 11) is -4.48. The van der Waals surface area contributed by atoms with Crippen LogP contribution in [-0.2, 0) is 16.6 Å². The summed E-state index contributed by atoms with van der Waals surface area (Å²) in [6, 6.07) is 17.8. The van der Waals surface area contributed by atoms with Gasteiger partial charge in [0.1, 0.15) is 18.2 Å². The normalized spacial score (nSPS) is 22.8. The number of ether oxygens (including phenoxy) is 2. The van der Waals surface area contributed by atoms with E-state index < -0.39 is 15.9 Å². The van der Waals surface area contributed by atoms with Crippen LogP contribution in [0.3, 0.4) is 0 Å². The van der Waals surface area contributed by atoms with Gasteiger partial charge in [0.15, 0.2) is 11.6 Å². The largest absolute Gasteiger partial charge is 0.486 e. The number of carbonyl (C=O) groups is 1. The van der Waals surface area contributed by atoms with Crippen molar-refractivity contribution >= 4 is 27.6 Å². The van der Waals surface area contributed by atoms with Gasteiger partial charge in [0.05, 0.1) is 12.2 Å². The Morgan fingerprint density at radius 2 is 1.80 bits per heavy atom. The highest BCUT2D eigenvalue weighted by Crippen LogP contribution is 2.65. The molecule has 0 radical (unpaired) electrons. The average Bonchev–Trinajstić information content (AvgIpc) is 3.73. The molecule has 2 aliphatic heterocycles. The van der Waals surface area contributed by atoms with Crippen LogP contribution in [0, 0.1) is 17.3 Å². The number of fused-ring (bicyclic) bond motifs is 6. The highest BCUT2D eigenvalue weighted by Gasteiger charge is 2.54. The van der Waals surface area contributed by atoms with Crippen molar-refractivity contribution < 1.29 is 22.7 Å². The van der Waals surface area contributed by atoms with E-state index in [4.69, 9.17) is 14.5 Å². The van der Waals surface area contributed by atoms with Gasteiger partial charge in [0, 0.05) is 30.9 Å². The molecule has 2 saturated carbocycles. The molecular weight excluding hydrogens is 667 g/mol. The van der Waals surface area contributed by atoms with Gasteiger partial charge in [-0.3, -0.25) is 4.79 Å². The highest BCUT2D eigenvalue weighted by atomic mass is 32.2. The van der Waals surface area contributed by atoms with Gasteiger partial charge in [-0.15, -0.1) is 5.10 Å². The first-order valence-electron chi connectivity index (χ1n) is 18.0. The summed E-state index contributed by atoms with van der Waals surface area (Å²) in [5, 5.41) is 7.55. The van der Waals surface area contributed by atoms with Gasteiger partial charge in [-0.25, -0.2) is 19.4 Å². The van der Waals surface area contributed by atoms with Crippen LogP contribution < -0.4 is 24.4 Å². The molecule has 8 rings (SSSR count). The van der Waals surface area contributed by atoms with Gasteiger partial charge in [0.2, 0.25) is 10.9 Å². The van der Waals surface area contributed by atoms with Crippen molar-refractivity contribution in [2.75, 3.05) is 29.9 Å². The lowest BCUT2D eigenvalue weighted by Gasteiger charge is -2.37. The molecule has 1 aromatic carbocycles. The smallest absolute Gasteiger partial charge is 0.285 e. The number of nitrogens with zero attached hydrogens (tertiary/aromatic N) is 5. The van der Waals surface area contributed by atoms with E-state index >= 15 is 0 Å². The number of anilines is 2. The third-order valence-electron chi connectivity index (χ3n) is 11.2. The van der Waals surface area contributed by atoms with Crippen LogP contribution in [0.1, 0.15) is 81.1 Å². The number of pyridine rings is 2. The van der Waals surface area contributed by atoms with Gasteiger partial charge in [-0.2, -0.15) is 8.42 Å². The fraction of sp³-hybridized carbons (Fsp3) is 0.474. The summed E-state index contributed by atoms with van der Waals surface area (Å²) in [5.41, 5.74) is 1.29. The van der Waals surface area contributed by atoms with Crippen LogP contribution in [0.25, 0.3) is 5.82 Å². The molecule has 2 atom stereocenters. The first kappa shape index (κ1) is 33.5. The second-order valence-electron chi connectivity index (χ2n) is 15.1. The molecule has 3 aromatic heterocycles. The van der Waals surface area contributed by atoms with Crippen molar-refractivity contribution in [1.29, 1.82) is 0 Å². The molecule has 4 bridgehead atoms. The van der Waals surface area contributed by atoms with Crippen molar-refractivity contribution in [3.63, 3.8) is 0 Å². The Labute approximate surface area is 299 Å². The molecule has 4 aromatic rings. The minimum Gasteiger partial charge on any atom is -0.486 e. The van der Waals surface area contributed by atoms with E-state index in [1.807, 2.05) is 36.4 Å². The van der Waals surface area contributed by atoms with Crippen molar-refractivity contribution in [2.45, 2.75) is 82.4 Å².